The van der Waals surface area contributed by atoms with Crippen molar-refractivity contribution in [1.29, 1.82) is 0 Å². The Morgan fingerprint density at radius 2 is 1.82 bits per heavy atom. The van der Waals surface area contributed by atoms with Gasteiger partial charge in [-0.05, 0) is 63.8 Å². The Morgan fingerprint density at radius 1 is 1.11 bits per heavy atom. The number of methoxy groups -OCH3 is 1. The minimum absolute atomic E-state index is 0.0609. The van der Waals surface area contributed by atoms with E-state index in [1.165, 1.54) is 0 Å². The van der Waals surface area contributed by atoms with Crippen molar-refractivity contribution in [3.8, 4) is 5.75 Å². The minimum Gasteiger partial charge on any atom is -0.497 e. The third kappa shape index (κ3) is 4.31. The second-order valence-corrected chi connectivity index (χ2v) is 7.29. The number of likely N-dealkylation sites (N-methyl/N-ethyl adjacent to an activating group) is 1. The predicted molar refractivity (Wildman–Crippen MR) is 113 cm³/mol. The second kappa shape index (κ2) is 8.40. The van der Waals surface area contributed by atoms with E-state index >= 15 is 0 Å². The molecule has 1 atom stereocenters. The van der Waals surface area contributed by atoms with E-state index in [9.17, 15) is 4.79 Å². The number of nitrogens with zero attached hydrogens (tertiary/aromatic N) is 2. The molecule has 0 aliphatic heterocycles. The van der Waals surface area contributed by atoms with Crippen molar-refractivity contribution < 1.29 is 9.53 Å². The maximum atomic E-state index is 13.0. The molecular formula is C23H27N3O2. The minimum atomic E-state index is -0.0820. The monoisotopic (exact) mass is 377 g/mol. The number of rotatable bonds is 6. The van der Waals surface area contributed by atoms with Crippen LogP contribution in [0.3, 0.4) is 0 Å². The summed E-state index contributed by atoms with van der Waals surface area (Å²) < 4.78 is 5.24. The molecule has 2 aromatic carbocycles. The van der Waals surface area contributed by atoms with Crippen molar-refractivity contribution in [2.75, 3.05) is 27.7 Å². The quantitative estimate of drug-likeness (QED) is 0.708. The van der Waals surface area contributed by atoms with Gasteiger partial charge in [0.25, 0.3) is 5.91 Å². The molecule has 28 heavy (non-hydrogen) atoms. The molecule has 1 amide bonds. The number of pyridine rings is 1. The molecule has 1 heterocycles. The molecule has 146 valence electrons. The first-order chi connectivity index (χ1) is 13.4. The lowest BCUT2D eigenvalue weighted by Gasteiger charge is -2.25. The largest absolute Gasteiger partial charge is 0.497 e. The van der Waals surface area contributed by atoms with E-state index in [1.807, 2.05) is 76.5 Å². The highest BCUT2D eigenvalue weighted by Gasteiger charge is 2.18. The van der Waals surface area contributed by atoms with Crippen LogP contribution in [0.5, 0.6) is 5.75 Å². The van der Waals surface area contributed by atoms with Gasteiger partial charge in [0.05, 0.1) is 24.2 Å². The highest BCUT2D eigenvalue weighted by Crippen LogP contribution is 2.22. The van der Waals surface area contributed by atoms with Crippen LogP contribution in [-0.4, -0.2) is 43.5 Å². The Hall–Kier alpha value is -2.92. The average molecular weight is 377 g/mol. The van der Waals surface area contributed by atoms with Gasteiger partial charge in [0.15, 0.2) is 0 Å². The molecule has 3 rings (SSSR count). The zero-order valence-electron chi connectivity index (χ0n) is 17.1. The lowest BCUT2D eigenvalue weighted by Crippen LogP contribution is -2.34. The third-order valence-electron chi connectivity index (χ3n) is 4.92. The standard InChI is InChI=1S/C23H27N3O2/c1-15-6-11-21-19(12-15)20(13-16(2)25-21)23(27)24-14-22(26(3)4)17-7-9-18(28-5)10-8-17/h6-13,22H,14H2,1-5H3,(H,24,27). The molecule has 0 aliphatic rings. The Kier molecular flexibility index (Phi) is 5.95. The van der Waals surface area contributed by atoms with Gasteiger partial charge in [0, 0.05) is 17.6 Å². The Balaban J connectivity index is 1.83. The van der Waals surface area contributed by atoms with Crippen LogP contribution < -0.4 is 10.1 Å². The third-order valence-corrected chi connectivity index (χ3v) is 4.92. The average Bonchev–Trinajstić information content (AvgIpc) is 2.68. The summed E-state index contributed by atoms with van der Waals surface area (Å²) in [5.74, 6) is 0.737. The lowest BCUT2D eigenvalue weighted by atomic mass is 10.0. The highest BCUT2D eigenvalue weighted by atomic mass is 16.5. The lowest BCUT2D eigenvalue weighted by molar-refractivity contribution is 0.0943. The van der Waals surface area contributed by atoms with E-state index in [0.717, 1.165) is 33.5 Å². The van der Waals surface area contributed by atoms with Crippen LogP contribution in [0.1, 0.15) is 33.2 Å². The van der Waals surface area contributed by atoms with E-state index in [0.29, 0.717) is 12.1 Å². The van der Waals surface area contributed by atoms with Gasteiger partial charge in [-0.3, -0.25) is 9.78 Å². The summed E-state index contributed by atoms with van der Waals surface area (Å²) in [5.41, 5.74) is 4.57. The number of carbonyl (C=O) groups excluding carboxylic acids is 1. The molecule has 3 aromatic rings. The summed E-state index contributed by atoms with van der Waals surface area (Å²) in [6.07, 6.45) is 0. The van der Waals surface area contributed by atoms with Gasteiger partial charge < -0.3 is 15.0 Å². The van der Waals surface area contributed by atoms with Crippen LogP contribution in [0.2, 0.25) is 0 Å². The summed E-state index contributed by atoms with van der Waals surface area (Å²) in [6, 6.07) is 15.9. The Labute approximate surface area is 166 Å². The molecule has 0 bridgehead atoms. The van der Waals surface area contributed by atoms with Crippen molar-refractivity contribution in [1.82, 2.24) is 15.2 Å². The number of ether oxygens (including phenoxy) is 1. The van der Waals surface area contributed by atoms with Crippen LogP contribution in [0.15, 0.2) is 48.5 Å². The molecule has 5 heteroatoms. The number of aromatic nitrogens is 1. The van der Waals surface area contributed by atoms with Crippen LogP contribution in [0, 0.1) is 13.8 Å². The van der Waals surface area contributed by atoms with Gasteiger partial charge in [-0.1, -0.05) is 23.8 Å². The number of hydrogen-bond acceptors (Lipinski definition) is 4. The summed E-state index contributed by atoms with van der Waals surface area (Å²) >= 11 is 0. The van der Waals surface area contributed by atoms with Crippen molar-refractivity contribution >= 4 is 16.8 Å². The van der Waals surface area contributed by atoms with E-state index in [-0.39, 0.29) is 11.9 Å². The maximum Gasteiger partial charge on any atom is 0.252 e. The van der Waals surface area contributed by atoms with Crippen LogP contribution in [0.25, 0.3) is 10.9 Å². The fourth-order valence-corrected chi connectivity index (χ4v) is 3.37. The van der Waals surface area contributed by atoms with Gasteiger partial charge in [0.2, 0.25) is 0 Å². The number of benzene rings is 2. The summed E-state index contributed by atoms with van der Waals surface area (Å²) in [5, 5.41) is 3.99. The zero-order chi connectivity index (χ0) is 20.3. The van der Waals surface area contributed by atoms with Crippen molar-refractivity contribution in [2.24, 2.45) is 0 Å². The van der Waals surface area contributed by atoms with Gasteiger partial charge >= 0.3 is 0 Å². The molecular weight excluding hydrogens is 350 g/mol. The van der Waals surface area contributed by atoms with Crippen LogP contribution >= 0.6 is 0 Å². The maximum absolute atomic E-state index is 13.0. The van der Waals surface area contributed by atoms with Crippen LogP contribution in [-0.2, 0) is 0 Å². The molecule has 0 saturated carbocycles. The number of carbonyl (C=O) groups is 1. The highest BCUT2D eigenvalue weighted by molar-refractivity contribution is 6.06. The van der Waals surface area contributed by atoms with E-state index in [1.54, 1.807) is 7.11 Å². The second-order valence-electron chi connectivity index (χ2n) is 7.29. The molecule has 5 nitrogen and oxygen atoms in total. The smallest absolute Gasteiger partial charge is 0.252 e. The molecule has 0 aliphatic carbocycles. The van der Waals surface area contributed by atoms with Gasteiger partial charge in [-0.15, -0.1) is 0 Å². The Morgan fingerprint density at radius 3 is 2.46 bits per heavy atom. The first-order valence-electron chi connectivity index (χ1n) is 9.35. The first kappa shape index (κ1) is 19.8. The van der Waals surface area contributed by atoms with Gasteiger partial charge in [-0.2, -0.15) is 0 Å². The Bertz CT molecular complexity index is 981. The summed E-state index contributed by atoms with van der Waals surface area (Å²) in [6.45, 7) is 4.44. The first-order valence-corrected chi connectivity index (χ1v) is 9.35. The van der Waals surface area contributed by atoms with Crippen molar-refractivity contribution in [3.05, 3.63) is 70.9 Å². The number of aryl methyl sites for hydroxylation is 2. The molecule has 1 aromatic heterocycles. The number of hydrogen-bond donors (Lipinski definition) is 1. The molecule has 0 radical (unpaired) electrons. The zero-order valence-corrected chi connectivity index (χ0v) is 17.1. The predicted octanol–water partition coefficient (Wildman–Crippen LogP) is 3.89. The normalized spacial score (nSPS) is 12.2. The van der Waals surface area contributed by atoms with Gasteiger partial charge in [0.1, 0.15) is 5.75 Å². The molecule has 1 N–H and O–H groups in total. The van der Waals surface area contributed by atoms with Crippen LogP contribution in [0.4, 0.5) is 0 Å². The van der Waals surface area contributed by atoms with Gasteiger partial charge in [-0.25, -0.2) is 0 Å². The van der Waals surface area contributed by atoms with E-state index in [4.69, 9.17) is 4.74 Å². The topological polar surface area (TPSA) is 54.5 Å². The fourth-order valence-electron chi connectivity index (χ4n) is 3.37. The molecule has 1 unspecified atom stereocenters. The summed E-state index contributed by atoms with van der Waals surface area (Å²) in [7, 11) is 5.67. The fraction of sp³-hybridized carbons (Fsp3) is 0.304. The van der Waals surface area contributed by atoms with Crippen molar-refractivity contribution in [3.63, 3.8) is 0 Å². The number of fused-ring (bicyclic) bond motifs is 1. The van der Waals surface area contributed by atoms with E-state index in [2.05, 4.69) is 15.2 Å². The molecule has 0 saturated heterocycles. The molecule has 0 spiro atoms. The van der Waals surface area contributed by atoms with E-state index < -0.39 is 0 Å². The summed E-state index contributed by atoms with van der Waals surface area (Å²) in [4.78, 5) is 19.7. The number of nitrogens with one attached hydrogen (secondary N) is 1. The molecule has 0 fully saturated rings. The SMILES string of the molecule is COc1ccc(C(CNC(=O)c2cc(C)nc3ccc(C)cc23)N(C)C)cc1. The van der Waals surface area contributed by atoms with Crippen molar-refractivity contribution in [2.45, 2.75) is 19.9 Å². The number of amides is 1.